The van der Waals surface area contributed by atoms with Gasteiger partial charge in [0.1, 0.15) is 5.69 Å². The molecule has 1 amide bonds. The Morgan fingerprint density at radius 3 is 2.38 bits per heavy atom. The smallest absolute Gasteiger partial charge is 0.356 e. The molecule has 0 aliphatic carbocycles. The molecule has 0 aliphatic heterocycles. The minimum Gasteiger partial charge on any atom is -0.479 e. The maximum atomic E-state index is 12.4. The number of benzene rings is 2. The zero-order chi connectivity index (χ0) is 23.3. The van der Waals surface area contributed by atoms with Crippen LogP contribution in [0, 0.1) is 0 Å². The summed E-state index contributed by atoms with van der Waals surface area (Å²) in [6, 6.07) is 15.7. The number of aromatic carboxylic acids is 1. The number of aromatic nitrogens is 2. The van der Waals surface area contributed by atoms with Crippen molar-refractivity contribution in [2.75, 3.05) is 6.54 Å². The Kier molecular flexibility index (Phi) is 7.21. The van der Waals surface area contributed by atoms with Gasteiger partial charge in [0.05, 0.1) is 6.54 Å². The van der Waals surface area contributed by atoms with E-state index in [1.165, 1.54) is 5.01 Å². The second kappa shape index (κ2) is 10.1. The van der Waals surface area contributed by atoms with Crippen molar-refractivity contribution in [3.63, 3.8) is 0 Å². The Bertz CT molecular complexity index is 1130. The fourth-order valence-corrected chi connectivity index (χ4v) is 3.07. The molecule has 0 fully saturated rings. The van der Waals surface area contributed by atoms with E-state index in [0.717, 1.165) is 22.8 Å². The molecule has 32 heavy (non-hydrogen) atoms. The third-order valence-corrected chi connectivity index (χ3v) is 4.70. The van der Waals surface area contributed by atoms with E-state index in [4.69, 9.17) is 21.8 Å². The van der Waals surface area contributed by atoms with Crippen LogP contribution >= 0.6 is 11.6 Å². The Balaban J connectivity index is 1.75. The van der Waals surface area contributed by atoms with Gasteiger partial charge in [-0.3, -0.25) is 15.3 Å². The first kappa shape index (κ1) is 22.9. The third-order valence-electron chi connectivity index (χ3n) is 4.46. The number of aromatic amines is 1. The van der Waals surface area contributed by atoms with E-state index in [1.54, 1.807) is 18.2 Å². The number of aliphatic hydroxyl groups is 1. The molecule has 0 aliphatic rings. The summed E-state index contributed by atoms with van der Waals surface area (Å²) >= 11 is 6.03. The van der Waals surface area contributed by atoms with Crippen LogP contribution in [0.5, 0.6) is 0 Å². The second-order valence-electron chi connectivity index (χ2n) is 6.85. The Labute approximate surface area is 187 Å². The number of carboxylic acids is 2. The molecule has 2 aromatic carbocycles. The number of rotatable bonds is 9. The van der Waals surface area contributed by atoms with Crippen LogP contribution in [-0.2, 0) is 11.3 Å². The van der Waals surface area contributed by atoms with E-state index < -0.39 is 30.5 Å². The van der Waals surface area contributed by atoms with Crippen molar-refractivity contribution in [2.45, 2.75) is 12.6 Å². The van der Waals surface area contributed by atoms with Crippen LogP contribution in [0.25, 0.3) is 11.1 Å². The van der Waals surface area contributed by atoms with E-state index in [2.05, 4.69) is 15.6 Å². The number of amides is 1. The number of carbonyl (C=O) groups excluding carboxylic acids is 1. The molecule has 11 heteroatoms. The molecule has 0 spiro atoms. The maximum Gasteiger partial charge on any atom is 0.356 e. The van der Waals surface area contributed by atoms with Gasteiger partial charge < -0.3 is 15.3 Å². The van der Waals surface area contributed by atoms with Crippen LogP contribution in [0.3, 0.4) is 0 Å². The molecule has 0 saturated heterocycles. The number of H-pyrrole nitrogens is 1. The van der Waals surface area contributed by atoms with Gasteiger partial charge in [0.15, 0.2) is 11.8 Å². The van der Waals surface area contributed by atoms with Crippen LogP contribution < -0.4 is 5.43 Å². The first-order chi connectivity index (χ1) is 15.2. The van der Waals surface area contributed by atoms with Crippen LogP contribution in [-0.4, -0.2) is 61.0 Å². The fraction of sp³-hybridized carbons (Fsp3) is 0.143. The van der Waals surface area contributed by atoms with E-state index in [0.29, 0.717) is 5.02 Å². The Hall–Kier alpha value is -3.73. The molecule has 5 N–H and O–H groups in total. The lowest BCUT2D eigenvalue weighted by molar-refractivity contribution is -0.148. The van der Waals surface area contributed by atoms with Gasteiger partial charge >= 0.3 is 11.9 Å². The summed E-state index contributed by atoms with van der Waals surface area (Å²) in [7, 11) is 0. The minimum absolute atomic E-state index is 0.0752. The van der Waals surface area contributed by atoms with Crippen molar-refractivity contribution in [1.82, 2.24) is 20.6 Å². The highest BCUT2D eigenvalue weighted by atomic mass is 35.5. The van der Waals surface area contributed by atoms with Crippen molar-refractivity contribution < 1.29 is 29.7 Å². The van der Waals surface area contributed by atoms with Gasteiger partial charge in [-0.05, 0) is 28.8 Å². The summed E-state index contributed by atoms with van der Waals surface area (Å²) in [5.41, 5.74) is 4.55. The molecule has 3 rings (SSSR count). The number of carboxylic acid groups (broad SMARTS) is 2. The topological polar surface area (TPSA) is 156 Å². The highest BCUT2D eigenvalue weighted by molar-refractivity contribution is 6.30. The molecule has 0 unspecified atom stereocenters. The number of hydrazine groups is 1. The van der Waals surface area contributed by atoms with Gasteiger partial charge in [0.25, 0.3) is 5.91 Å². The standard InChI is InChI=1S/C21H19ClN4O6/c22-15-3-1-2-14(8-15)13-6-4-12(5-7-13)10-26(11-18(27)21(31)32)25-19(28)16-9-17(20(29)30)24-23-16/h1-9,18,27H,10-11H2,(H,23,24)(H,25,28)(H,29,30)(H,31,32)/t18-/m1/s1. The molecule has 0 bridgehead atoms. The summed E-state index contributed by atoms with van der Waals surface area (Å²) in [5, 5.41) is 35.3. The molecule has 3 aromatic rings. The highest BCUT2D eigenvalue weighted by Crippen LogP contribution is 2.23. The van der Waals surface area contributed by atoms with Gasteiger partial charge in [-0.2, -0.15) is 5.10 Å². The number of nitrogens with zero attached hydrogens (tertiary/aromatic N) is 2. The molecule has 1 atom stereocenters. The highest BCUT2D eigenvalue weighted by Gasteiger charge is 2.22. The fourth-order valence-electron chi connectivity index (χ4n) is 2.88. The summed E-state index contributed by atoms with van der Waals surface area (Å²) in [6.07, 6.45) is -1.75. The van der Waals surface area contributed by atoms with Crippen LogP contribution in [0.15, 0.2) is 54.6 Å². The van der Waals surface area contributed by atoms with Crippen molar-refractivity contribution in [1.29, 1.82) is 0 Å². The molecule has 1 heterocycles. The number of hydrogen-bond donors (Lipinski definition) is 5. The summed E-state index contributed by atoms with van der Waals surface area (Å²) in [4.78, 5) is 34.5. The minimum atomic E-state index is -1.75. The summed E-state index contributed by atoms with van der Waals surface area (Å²) < 4.78 is 0. The average molecular weight is 459 g/mol. The predicted octanol–water partition coefficient (Wildman–Crippen LogP) is 2.02. The SMILES string of the molecule is O=C(O)c1cc(C(=O)NN(Cc2ccc(-c3cccc(Cl)c3)cc2)C[C@@H](O)C(=O)O)[nH]n1. The lowest BCUT2D eigenvalue weighted by Gasteiger charge is -2.24. The normalized spacial score (nSPS) is 11.8. The van der Waals surface area contributed by atoms with E-state index >= 15 is 0 Å². The zero-order valence-electron chi connectivity index (χ0n) is 16.5. The lowest BCUT2D eigenvalue weighted by atomic mass is 10.0. The first-order valence-electron chi connectivity index (χ1n) is 9.33. The zero-order valence-corrected chi connectivity index (χ0v) is 17.3. The quantitative estimate of drug-likeness (QED) is 0.305. The van der Waals surface area contributed by atoms with E-state index in [1.807, 2.05) is 30.3 Å². The van der Waals surface area contributed by atoms with E-state index in [9.17, 15) is 19.5 Å². The third kappa shape index (κ3) is 5.91. The molecule has 0 saturated carbocycles. The molecule has 10 nitrogen and oxygen atoms in total. The maximum absolute atomic E-state index is 12.4. The lowest BCUT2D eigenvalue weighted by Crippen LogP contribution is -2.47. The van der Waals surface area contributed by atoms with Gasteiger partial charge in [-0.25, -0.2) is 14.6 Å². The molecule has 1 aromatic heterocycles. The Morgan fingerprint density at radius 1 is 1.06 bits per heavy atom. The Morgan fingerprint density at radius 2 is 1.78 bits per heavy atom. The van der Waals surface area contributed by atoms with Crippen LogP contribution in [0.1, 0.15) is 26.5 Å². The van der Waals surface area contributed by atoms with Gasteiger partial charge in [0, 0.05) is 17.6 Å². The monoisotopic (exact) mass is 458 g/mol. The van der Waals surface area contributed by atoms with Crippen molar-refractivity contribution >= 4 is 29.4 Å². The number of carbonyl (C=O) groups is 3. The summed E-state index contributed by atoms with van der Waals surface area (Å²) in [6.45, 7) is -0.330. The van der Waals surface area contributed by atoms with Crippen molar-refractivity contribution in [3.8, 4) is 11.1 Å². The number of halogens is 1. The van der Waals surface area contributed by atoms with Crippen molar-refractivity contribution in [2.24, 2.45) is 0 Å². The number of aliphatic hydroxyl groups excluding tert-OH is 1. The number of hydrogen-bond acceptors (Lipinski definition) is 6. The average Bonchev–Trinajstić information content (AvgIpc) is 3.25. The van der Waals surface area contributed by atoms with Gasteiger partial charge in [-0.1, -0.05) is 48.0 Å². The summed E-state index contributed by atoms with van der Waals surface area (Å²) in [5.74, 6) is -3.49. The van der Waals surface area contributed by atoms with Crippen LogP contribution in [0.2, 0.25) is 5.02 Å². The van der Waals surface area contributed by atoms with E-state index in [-0.39, 0.29) is 17.9 Å². The largest absolute Gasteiger partial charge is 0.479 e. The van der Waals surface area contributed by atoms with Crippen molar-refractivity contribution in [3.05, 3.63) is 76.6 Å². The molecular weight excluding hydrogens is 440 g/mol. The van der Waals surface area contributed by atoms with Crippen LogP contribution in [0.4, 0.5) is 0 Å². The van der Waals surface area contributed by atoms with Gasteiger partial charge in [0.2, 0.25) is 0 Å². The first-order valence-corrected chi connectivity index (χ1v) is 9.71. The van der Waals surface area contributed by atoms with Gasteiger partial charge in [-0.15, -0.1) is 0 Å². The molecule has 166 valence electrons. The number of nitrogens with one attached hydrogen (secondary N) is 2. The predicted molar refractivity (Wildman–Crippen MR) is 114 cm³/mol. The second-order valence-corrected chi connectivity index (χ2v) is 7.29. The number of aliphatic carboxylic acids is 1. The molecular formula is C21H19ClN4O6. The molecule has 0 radical (unpaired) electrons.